The lowest BCUT2D eigenvalue weighted by molar-refractivity contribution is -0.125. The summed E-state index contributed by atoms with van der Waals surface area (Å²) in [7, 11) is 0. The van der Waals surface area contributed by atoms with Crippen molar-refractivity contribution in [2.45, 2.75) is 46.5 Å². The molecule has 90 valence electrons. The van der Waals surface area contributed by atoms with Gasteiger partial charge >= 0.3 is 0 Å². The quantitative estimate of drug-likeness (QED) is 0.648. The zero-order valence-corrected chi connectivity index (χ0v) is 10.4. The second-order valence-electron chi connectivity index (χ2n) is 4.14. The van der Waals surface area contributed by atoms with Gasteiger partial charge in [-0.15, -0.1) is 0 Å². The Morgan fingerprint density at radius 1 is 1.27 bits per heavy atom. The van der Waals surface area contributed by atoms with Crippen molar-refractivity contribution >= 4 is 5.91 Å². The first kappa shape index (κ1) is 14.4. The van der Waals surface area contributed by atoms with Crippen LogP contribution in [0.4, 0.5) is 0 Å². The summed E-state index contributed by atoms with van der Waals surface area (Å²) in [5.41, 5.74) is 5.64. The lowest BCUT2D eigenvalue weighted by Crippen LogP contribution is -2.36. The van der Waals surface area contributed by atoms with Crippen LogP contribution in [0.1, 0.15) is 46.5 Å². The summed E-state index contributed by atoms with van der Waals surface area (Å²) in [6.07, 6.45) is 4.18. The monoisotopic (exact) mass is 214 g/mol. The highest BCUT2D eigenvalue weighted by Gasteiger charge is 2.19. The highest BCUT2D eigenvalue weighted by Crippen LogP contribution is 2.18. The Balaban J connectivity index is 4.04. The topological polar surface area (TPSA) is 55.1 Å². The van der Waals surface area contributed by atoms with Crippen LogP contribution in [0.25, 0.3) is 0 Å². The minimum absolute atomic E-state index is 0.00134. The van der Waals surface area contributed by atoms with Crippen LogP contribution < -0.4 is 11.1 Å². The number of carbonyl (C=O) groups is 1. The van der Waals surface area contributed by atoms with Gasteiger partial charge in [-0.25, -0.2) is 0 Å². The standard InChI is InChI=1S/C12H26N2O/c1-4-7-14-12(15)11(9-13)8-10(5-2)6-3/h10-11H,4-9,13H2,1-3H3,(H,14,15). The third kappa shape index (κ3) is 5.78. The summed E-state index contributed by atoms with van der Waals surface area (Å²) in [6, 6.07) is 0. The largest absolute Gasteiger partial charge is 0.356 e. The molecule has 1 unspecified atom stereocenters. The molecule has 0 aromatic heterocycles. The molecule has 0 saturated carbocycles. The molecule has 0 heterocycles. The Hall–Kier alpha value is -0.570. The molecule has 3 N–H and O–H groups in total. The molecule has 0 aliphatic carbocycles. The van der Waals surface area contributed by atoms with Crippen LogP contribution in [-0.4, -0.2) is 19.0 Å². The van der Waals surface area contributed by atoms with Gasteiger partial charge in [0.05, 0.1) is 5.92 Å². The van der Waals surface area contributed by atoms with Crippen LogP contribution in [0.3, 0.4) is 0 Å². The molecular formula is C12H26N2O. The maximum absolute atomic E-state index is 11.7. The maximum Gasteiger partial charge on any atom is 0.224 e. The van der Waals surface area contributed by atoms with E-state index in [4.69, 9.17) is 5.73 Å². The number of amides is 1. The fourth-order valence-corrected chi connectivity index (χ4v) is 1.73. The maximum atomic E-state index is 11.7. The second kappa shape index (κ2) is 8.72. The van der Waals surface area contributed by atoms with Gasteiger partial charge in [0.25, 0.3) is 0 Å². The van der Waals surface area contributed by atoms with Gasteiger partial charge in [-0.05, 0) is 18.8 Å². The Morgan fingerprint density at radius 3 is 2.27 bits per heavy atom. The van der Waals surface area contributed by atoms with E-state index in [-0.39, 0.29) is 11.8 Å². The predicted molar refractivity (Wildman–Crippen MR) is 64.5 cm³/mol. The summed E-state index contributed by atoms with van der Waals surface area (Å²) in [5.74, 6) is 0.763. The fraction of sp³-hybridized carbons (Fsp3) is 0.917. The van der Waals surface area contributed by atoms with Gasteiger partial charge in [0.2, 0.25) is 5.91 Å². The van der Waals surface area contributed by atoms with Gasteiger partial charge in [0, 0.05) is 13.1 Å². The highest BCUT2D eigenvalue weighted by atomic mass is 16.1. The smallest absolute Gasteiger partial charge is 0.224 e. The van der Waals surface area contributed by atoms with E-state index in [1.807, 2.05) is 0 Å². The third-order valence-electron chi connectivity index (χ3n) is 2.98. The summed E-state index contributed by atoms with van der Waals surface area (Å²) in [4.78, 5) is 11.7. The van der Waals surface area contributed by atoms with Crippen LogP contribution in [0, 0.1) is 11.8 Å². The Labute approximate surface area is 93.8 Å². The molecule has 0 rings (SSSR count). The number of rotatable bonds is 8. The number of carbonyl (C=O) groups excluding carboxylic acids is 1. The van der Waals surface area contributed by atoms with E-state index in [1.54, 1.807) is 0 Å². The summed E-state index contributed by atoms with van der Waals surface area (Å²) >= 11 is 0. The predicted octanol–water partition coefficient (Wildman–Crippen LogP) is 1.91. The first-order chi connectivity index (χ1) is 7.19. The van der Waals surface area contributed by atoms with Crippen LogP contribution in [0.5, 0.6) is 0 Å². The molecule has 0 saturated heterocycles. The van der Waals surface area contributed by atoms with Gasteiger partial charge in [0.15, 0.2) is 0 Å². The van der Waals surface area contributed by atoms with Gasteiger partial charge in [-0.1, -0.05) is 33.6 Å². The Morgan fingerprint density at radius 2 is 1.87 bits per heavy atom. The zero-order valence-electron chi connectivity index (χ0n) is 10.4. The molecule has 0 aliphatic rings. The molecule has 1 amide bonds. The first-order valence-electron chi connectivity index (χ1n) is 6.17. The van der Waals surface area contributed by atoms with Crippen molar-refractivity contribution in [2.75, 3.05) is 13.1 Å². The average Bonchev–Trinajstić information content (AvgIpc) is 2.27. The molecule has 3 nitrogen and oxygen atoms in total. The van der Waals surface area contributed by atoms with Crippen molar-refractivity contribution in [1.29, 1.82) is 0 Å². The van der Waals surface area contributed by atoms with Crippen molar-refractivity contribution < 1.29 is 4.79 Å². The normalized spacial score (nSPS) is 12.9. The molecule has 3 heteroatoms. The molecule has 0 aliphatic heterocycles. The van der Waals surface area contributed by atoms with E-state index in [0.717, 1.165) is 32.2 Å². The van der Waals surface area contributed by atoms with E-state index in [2.05, 4.69) is 26.1 Å². The number of hydrogen-bond acceptors (Lipinski definition) is 2. The van der Waals surface area contributed by atoms with Crippen molar-refractivity contribution in [2.24, 2.45) is 17.6 Å². The van der Waals surface area contributed by atoms with Gasteiger partial charge < -0.3 is 11.1 Å². The van der Waals surface area contributed by atoms with E-state index < -0.39 is 0 Å². The first-order valence-corrected chi connectivity index (χ1v) is 6.17. The van der Waals surface area contributed by atoms with E-state index in [9.17, 15) is 4.79 Å². The van der Waals surface area contributed by atoms with Crippen molar-refractivity contribution in [3.05, 3.63) is 0 Å². The van der Waals surface area contributed by atoms with Gasteiger partial charge in [-0.3, -0.25) is 4.79 Å². The average molecular weight is 214 g/mol. The van der Waals surface area contributed by atoms with Crippen LogP contribution in [0.15, 0.2) is 0 Å². The highest BCUT2D eigenvalue weighted by molar-refractivity contribution is 5.78. The molecule has 0 radical (unpaired) electrons. The SMILES string of the molecule is CCCNC(=O)C(CN)CC(CC)CC. The molecular weight excluding hydrogens is 188 g/mol. The number of nitrogens with one attached hydrogen (secondary N) is 1. The molecule has 0 bridgehead atoms. The van der Waals surface area contributed by atoms with Crippen LogP contribution in [0.2, 0.25) is 0 Å². The van der Waals surface area contributed by atoms with Gasteiger partial charge in [0.1, 0.15) is 0 Å². The molecule has 0 aromatic rings. The molecule has 0 aromatic carbocycles. The zero-order chi connectivity index (χ0) is 11.7. The molecule has 15 heavy (non-hydrogen) atoms. The molecule has 1 atom stereocenters. The summed E-state index contributed by atoms with van der Waals surface area (Å²) < 4.78 is 0. The van der Waals surface area contributed by atoms with Crippen molar-refractivity contribution in [3.63, 3.8) is 0 Å². The van der Waals surface area contributed by atoms with Gasteiger partial charge in [-0.2, -0.15) is 0 Å². The molecule has 0 fully saturated rings. The number of hydrogen-bond donors (Lipinski definition) is 2. The summed E-state index contributed by atoms with van der Waals surface area (Å²) in [5, 5.41) is 2.92. The Kier molecular flexibility index (Phi) is 8.38. The summed E-state index contributed by atoms with van der Waals surface area (Å²) in [6.45, 7) is 7.63. The van der Waals surface area contributed by atoms with Crippen molar-refractivity contribution in [3.8, 4) is 0 Å². The van der Waals surface area contributed by atoms with Crippen LogP contribution in [-0.2, 0) is 4.79 Å². The van der Waals surface area contributed by atoms with E-state index in [0.29, 0.717) is 12.5 Å². The lowest BCUT2D eigenvalue weighted by Gasteiger charge is -2.19. The minimum atomic E-state index is 0.00134. The van der Waals surface area contributed by atoms with Crippen LogP contribution >= 0.6 is 0 Å². The lowest BCUT2D eigenvalue weighted by atomic mass is 9.90. The minimum Gasteiger partial charge on any atom is -0.356 e. The van der Waals surface area contributed by atoms with E-state index >= 15 is 0 Å². The Bertz CT molecular complexity index is 167. The number of nitrogens with two attached hydrogens (primary N) is 1. The second-order valence-corrected chi connectivity index (χ2v) is 4.14. The fourth-order valence-electron chi connectivity index (χ4n) is 1.73. The van der Waals surface area contributed by atoms with E-state index in [1.165, 1.54) is 0 Å². The molecule has 0 spiro atoms. The van der Waals surface area contributed by atoms with Crippen molar-refractivity contribution in [1.82, 2.24) is 5.32 Å². The third-order valence-corrected chi connectivity index (χ3v) is 2.98.